The fraction of sp³-hybridized carbons (Fsp3) is 0.273. The highest BCUT2D eigenvalue weighted by atomic mass is 35.5. The third-order valence-corrected chi connectivity index (χ3v) is 5.67. The summed E-state index contributed by atoms with van der Waals surface area (Å²) in [5.41, 5.74) is 5.40. The van der Waals surface area contributed by atoms with Gasteiger partial charge in [0.25, 0.3) is 0 Å². The highest BCUT2D eigenvalue weighted by molar-refractivity contribution is 6.31. The van der Waals surface area contributed by atoms with Crippen molar-refractivity contribution in [3.8, 4) is 11.1 Å². The van der Waals surface area contributed by atoms with Gasteiger partial charge in [-0.05, 0) is 38.0 Å². The first-order chi connectivity index (χ1) is 14.5. The van der Waals surface area contributed by atoms with E-state index in [-0.39, 0.29) is 12.5 Å². The molecule has 0 spiro atoms. The van der Waals surface area contributed by atoms with Crippen LogP contribution in [0.2, 0.25) is 5.02 Å². The second kappa shape index (κ2) is 8.28. The normalized spacial score (nSPS) is 11.2. The summed E-state index contributed by atoms with van der Waals surface area (Å²) in [6.45, 7) is 6.84. The van der Waals surface area contributed by atoms with Crippen LogP contribution in [0.15, 0.2) is 42.6 Å². The van der Waals surface area contributed by atoms with Crippen LogP contribution in [0.5, 0.6) is 0 Å². The molecule has 154 valence electrons. The Labute approximate surface area is 179 Å². The Kier molecular flexibility index (Phi) is 5.55. The predicted molar refractivity (Wildman–Crippen MR) is 117 cm³/mol. The van der Waals surface area contributed by atoms with Gasteiger partial charge in [-0.2, -0.15) is 10.2 Å². The number of aryl methyl sites for hydroxylation is 2. The molecule has 0 aliphatic heterocycles. The topological polar surface area (TPSA) is 77.6 Å². The molecule has 0 saturated carbocycles. The molecule has 8 heteroatoms. The Morgan fingerprint density at radius 1 is 1.03 bits per heavy atom. The molecule has 30 heavy (non-hydrogen) atoms. The number of pyridine rings is 1. The smallest absolute Gasteiger partial charge is 0.241 e. The second-order valence-corrected chi connectivity index (χ2v) is 7.60. The van der Waals surface area contributed by atoms with Gasteiger partial charge in [-0.1, -0.05) is 41.9 Å². The lowest BCUT2D eigenvalue weighted by Gasteiger charge is -2.08. The van der Waals surface area contributed by atoms with Gasteiger partial charge in [-0.25, -0.2) is 9.67 Å². The molecular weight excluding hydrogens is 400 g/mol. The molecule has 1 N–H and O–H groups in total. The number of nitrogens with one attached hydrogen (secondary N) is 1. The molecule has 1 aromatic carbocycles. The monoisotopic (exact) mass is 422 g/mol. The number of nitrogens with zero attached hydrogens (tertiary/aromatic N) is 5. The molecular formula is C22H23ClN6O. The van der Waals surface area contributed by atoms with Crippen LogP contribution in [0, 0.1) is 20.8 Å². The average molecular weight is 423 g/mol. The Bertz CT molecular complexity index is 1210. The van der Waals surface area contributed by atoms with Crippen molar-refractivity contribution in [3.05, 3.63) is 64.7 Å². The third-order valence-electron chi connectivity index (χ3n) is 5.13. The number of hydrogen-bond acceptors (Lipinski definition) is 4. The van der Waals surface area contributed by atoms with Crippen LogP contribution in [-0.2, 0) is 17.9 Å². The highest BCUT2D eigenvalue weighted by Crippen LogP contribution is 2.29. The van der Waals surface area contributed by atoms with Crippen LogP contribution >= 0.6 is 11.6 Å². The molecule has 1 amide bonds. The molecule has 0 unspecified atom stereocenters. The maximum absolute atomic E-state index is 12.5. The summed E-state index contributed by atoms with van der Waals surface area (Å²) in [7, 11) is 0. The van der Waals surface area contributed by atoms with Crippen molar-refractivity contribution in [2.24, 2.45) is 0 Å². The van der Waals surface area contributed by atoms with Crippen LogP contribution in [0.1, 0.15) is 17.1 Å². The molecule has 3 aromatic heterocycles. The Balaban J connectivity index is 1.49. The van der Waals surface area contributed by atoms with Gasteiger partial charge in [0.1, 0.15) is 6.54 Å². The van der Waals surface area contributed by atoms with E-state index < -0.39 is 0 Å². The fourth-order valence-corrected chi connectivity index (χ4v) is 3.77. The first-order valence-corrected chi connectivity index (χ1v) is 10.2. The molecule has 0 atom stereocenters. The van der Waals surface area contributed by atoms with Gasteiger partial charge in [-0.15, -0.1) is 0 Å². The number of amides is 1. The number of carbonyl (C=O) groups excluding carboxylic acids is 1. The highest BCUT2D eigenvalue weighted by Gasteiger charge is 2.16. The van der Waals surface area contributed by atoms with Crippen molar-refractivity contribution in [2.75, 3.05) is 6.54 Å². The van der Waals surface area contributed by atoms with Crippen molar-refractivity contribution in [1.82, 2.24) is 29.9 Å². The summed E-state index contributed by atoms with van der Waals surface area (Å²) in [4.78, 5) is 17.0. The average Bonchev–Trinajstić information content (AvgIpc) is 3.19. The molecule has 3 heterocycles. The summed E-state index contributed by atoms with van der Waals surface area (Å²) >= 11 is 6.17. The van der Waals surface area contributed by atoms with Gasteiger partial charge in [0.05, 0.1) is 28.6 Å². The Morgan fingerprint density at radius 3 is 2.47 bits per heavy atom. The zero-order valence-electron chi connectivity index (χ0n) is 17.2. The van der Waals surface area contributed by atoms with Gasteiger partial charge in [0, 0.05) is 18.1 Å². The lowest BCUT2D eigenvalue weighted by Crippen LogP contribution is -2.31. The number of halogens is 1. The number of fused-ring (bicyclic) bond motifs is 1. The lowest BCUT2D eigenvalue weighted by molar-refractivity contribution is -0.121. The standard InChI is InChI=1S/C22H23ClN6O/c1-14-20-18(17-7-5-4-6-8-17)9-10-25-22(20)29(26-14)13-19(30)24-11-12-28-16(3)21(23)15(2)27-28/h4-10H,11-13H2,1-3H3,(H,24,30). The van der Waals surface area contributed by atoms with E-state index in [0.717, 1.165) is 33.6 Å². The fourth-order valence-electron chi connectivity index (χ4n) is 3.64. The van der Waals surface area contributed by atoms with Crippen molar-refractivity contribution >= 4 is 28.5 Å². The SMILES string of the molecule is Cc1nn(CCNC(=O)Cn2nc(C)c3c(-c4ccccc4)ccnc32)c(C)c1Cl. The van der Waals surface area contributed by atoms with Crippen molar-refractivity contribution in [1.29, 1.82) is 0 Å². The van der Waals surface area contributed by atoms with Gasteiger partial charge in [-0.3, -0.25) is 9.48 Å². The van der Waals surface area contributed by atoms with Crippen molar-refractivity contribution < 1.29 is 4.79 Å². The minimum Gasteiger partial charge on any atom is -0.353 e. The molecule has 4 aromatic rings. The van der Waals surface area contributed by atoms with E-state index >= 15 is 0 Å². The van der Waals surface area contributed by atoms with E-state index in [1.807, 2.05) is 45.0 Å². The summed E-state index contributed by atoms with van der Waals surface area (Å²) in [5.74, 6) is -0.126. The number of rotatable bonds is 6. The molecule has 7 nitrogen and oxygen atoms in total. The summed E-state index contributed by atoms with van der Waals surface area (Å²) < 4.78 is 3.46. The Morgan fingerprint density at radius 2 is 1.77 bits per heavy atom. The van der Waals surface area contributed by atoms with Gasteiger partial charge in [0.15, 0.2) is 5.65 Å². The zero-order valence-corrected chi connectivity index (χ0v) is 17.9. The summed E-state index contributed by atoms with van der Waals surface area (Å²) in [6.07, 6.45) is 1.76. The molecule has 0 bridgehead atoms. The summed E-state index contributed by atoms with van der Waals surface area (Å²) in [6, 6.07) is 12.1. The number of aromatic nitrogens is 5. The van der Waals surface area contributed by atoms with Crippen LogP contribution < -0.4 is 5.32 Å². The van der Waals surface area contributed by atoms with Gasteiger partial charge >= 0.3 is 0 Å². The van der Waals surface area contributed by atoms with Crippen LogP contribution in [0.4, 0.5) is 0 Å². The summed E-state index contributed by atoms with van der Waals surface area (Å²) in [5, 5.41) is 13.5. The van der Waals surface area contributed by atoms with E-state index in [9.17, 15) is 4.79 Å². The minimum absolute atomic E-state index is 0.105. The first kappa shape index (κ1) is 20.1. The van der Waals surface area contributed by atoms with Crippen molar-refractivity contribution in [2.45, 2.75) is 33.9 Å². The van der Waals surface area contributed by atoms with E-state index in [1.54, 1.807) is 15.6 Å². The second-order valence-electron chi connectivity index (χ2n) is 7.22. The van der Waals surface area contributed by atoms with E-state index in [4.69, 9.17) is 11.6 Å². The van der Waals surface area contributed by atoms with Gasteiger partial charge in [0.2, 0.25) is 5.91 Å². The lowest BCUT2D eigenvalue weighted by atomic mass is 10.0. The molecule has 0 aliphatic rings. The molecule has 0 saturated heterocycles. The van der Waals surface area contributed by atoms with Crippen LogP contribution in [0.3, 0.4) is 0 Å². The van der Waals surface area contributed by atoms with Crippen LogP contribution in [0.25, 0.3) is 22.2 Å². The quantitative estimate of drug-likeness (QED) is 0.514. The largest absolute Gasteiger partial charge is 0.353 e. The molecule has 0 fully saturated rings. The van der Waals surface area contributed by atoms with Crippen LogP contribution in [-0.4, -0.2) is 37.0 Å². The third kappa shape index (κ3) is 3.80. The van der Waals surface area contributed by atoms with Gasteiger partial charge < -0.3 is 5.32 Å². The maximum Gasteiger partial charge on any atom is 0.241 e. The number of hydrogen-bond donors (Lipinski definition) is 1. The maximum atomic E-state index is 12.5. The Hall–Kier alpha value is -3.19. The van der Waals surface area contributed by atoms with E-state index in [2.05, 4.69) is 32.6 Å². The van der Waals surface area contributed by atoms with E-state index in [0.29, 0.717) is 23.8 Å². The molecule has 0 aliphatic carbocycles. The predicted octanol–water partition coefficient (Wildman–Crippen LogP) is 3.69. The number of benzene rings is 1. The first-order valence-electron chi connectivity index (χ1n) is 9.79. The van der Waals surface area contributed by atoms with Crippen molar-refractivity contribution in [3.63, 3.8) is 0 Å². The van der Waals surface area contributed by atoms with E-state index in [1.165, 1.54) is 0 Å². The number of carbonyl (C=O) groups is 1. The molecule has 4 rings (SSSR count). The zero-order chi connectivity index (χ0) is 21.3. The molecule has 0 radical (unpaired) electrons. The minimum atomic E-state index is -0.126.